The van der Waals surface area contributed by atoms with Crippen molar-refractivity contribution in [3.8, 4) is 6.07 Å². The molecule has 22 heavy (non-hydrogen) atoms. The monoisotopic (exact) mass is 312 g/mol. The summed E-state index contributed by atoms with van der Waals surface area (Å²) in [5, 5.41) is 19.9. The molecule has 2 aliphatic rings. The number of carbonyl (C=O) groups excluding carboxylic acids is 2. The average Bonchev–Trinajstić information content (AvgIpc) is 2.70. The van der Waals surface area contributed by atoms with Crippen LogP contribution in [0.15, 0.2) is 11.6 Å². The van der Waals surface area contributed by atoms with Gasteiger partial charge >= 0.3 is 18.4 Å². The fraction of sp³-hybridized carbons (Fsp3) is 0.500. The maximum Gasteiger partial charge on any atom is 0.368 e. The Morgan fingerprint density at radius 1 is 1.68 bits per heavy atom. The molecule has 1 fully saturated rings. The molecule has 0 aromatic carbocycles. The first-order valence-corrected chi connectivity index (χ1v) is 6.33. The quantitative estimate of drug-likeness (QED) is 0.515. The van der Waals surface area contributed by atoms with Crippen molar-refractivity contribution in [1.29, 1.82) is 5.26 Å². The molecule has 3 amide bonds. The fourth-order valence-corrected chi connectivity index (χ4v) is 2.44. The van der Waals surface area contributed by atoms with Gasteiger partial charge < -0.3 is 15.3 Å². The molecule has 2 heterocycles. The van der Waals surface area contributed by atoms with Crippen LogP contribution in [-0.2, 0) is 14.4 Å². The fourth-order valence-electron chi connectivity index (χ4n) is 2.44. The zero-order valence-corrected chi connectivity index (χ0v) is 11.5. The molecule has 0 aliphatic carbocycles. The normalized spacial score (nSPS) is 24.6. The minimum Gasteiger partial charge on any atom is -0.477 e. The summed E-state index contributed by atoms with van der Waals surface area (Å²) >= 11 is 0. The number of amides is 3. The van der Waals surface area contributed by atoms with Gasteiger partial charge in [-0.05, 0) is 12.5 Å². The molecule has 10 heteroatoms. The van der Waals surface area contributed by atoms with Gasteiger partial charge in [-0.15, -0.1) is 0 Å². The summed E-state index contributed by atoms with van der Waals surface area (Å²) in [7, 11) is 0. The van der Waals surface area contributed by atoms with Crippen LogP contribution in [0.25, 0.3) is 0 Å². The van der Waals surface area contributed by atoms with E-state index < -0.39 is 36.3 Å². The lowest BCUT2D eigenvalue weighted by Gasteiger charge is -2.28. The van der Waals surface area contributed by atoms with Gasteiger partial charge in [0.2, 0.25) is 5.91 Å². The van der Waals surface area contributed by atoms with E-state index in [4.69, 9.17) is 10.4 Å². The van der Waals surface area contributed by atoms with Crippen LogP contribution in [0, 0.1) is 11.3 Å². The number of hydrogen-bond donors (Lipinski definition) is 2. The number of nitrogens with zero attached hydrogens (tertiary/aromatic N) is 3. The van der Waals surface area contributed by atoms with Crippen LogP contribution < -0.4 is 5.32 Å². The van der Waals surface area contributed by atoms with Gasteiger partial charge in [-0.3, -0.25) is 4.79 Å². The van der Waals surface area contributed by atoms with Gasteiger partial charge in [0.05, 0.1) is 18.7 Å². The Hall–Kier alpha value is -2.67. The number of aliphatic carboxylic acids is 1. The molecule has 0 saturated carbocycles. The molecule has 9 nitrogen and oxygen atoms in total. The number of urea groups is 1. The number of carbonyl (C=O) groups is 3. The van der Waals surface area contributed by atoms with Crippen molar-refractivity contribution in [2.24, 2.45) is 0 Å². The smallest absolute Gasteiger partial charge is 0.368 e. The number of halogens is 1. The second-order valence-corrected chi connectivity index (χ2v) is 4.78. The predicted octanol–water partition coefficient (Wildman–Crippen LogP) is -0.627. The van der Waals surface area contributed by atoms with E-state index >= 15 is 0 Å². The minimum absolute atomic E-state index is 0.0627. The summed E-state index contributed by atoms with van der Waals surface area (Å²) in [6.45, 7) is 1.46. The number of hydroxylamine groups is 2. The maximum atomic E-state index is 13.2. The van der Waals surface area contributed by atoms with Gasteiger partial charge in [-0.25, -0.2) is 18.8 Å². The highest BCUT2D eigenvalue weighted by molar-refractivity contribution is 5.91. The standard InChI is InChI=1S/C12H13FN4O5/c1-6-4-7-5-16(8(6)10(18)15-3-2-14)12(21)17(7)22-9(13)11(19)20/h4,7-9H,3,5H2,1H3,(H,15,18)(H,19,20)/t7-,8-,9+/m0/s1. The minimum atomic E-state index is -2.68. The van der Waals surface area contributed by atoms with E-state index in [9.17, 15) is 18.8 Å². The van der Waals surface area contributed by atoms with E-state index in [1.807, 2.05) is 0 Å². The summed E-state index contributed by atoms with van der Waals surface area (Å²) in [5.74, 6) is -2.40. The third-order valence-electron chi connectivity index (χ3n) is 3.31. The summed E-state index contributed by atoms with van der Waals surface area (Å²) in [6.07, 6.45) is -1.14. The van der Waals surface area contributed by atoms with Crippen molar-refractivity contribution in [3.63, 3.8) is 0 Å². The van der Waals surface area contributed by atoms with Crippen molar-refractivity contribution < 1.29 is 28.7 Å². The largest absolute Gasteiger partial charge is 0.477 e. The van der Waals surface area contributed by atoms with Gasteiger partial charge in [-0.2, -0.15) is 10.3 Å². The molecule has 0 aromatic heterocycles. The molecule has 0 aromatic rings. The molecular formula is C12H13FN4O5. The topological polar surface area (TPSA) is 123 Å². The molecule has 3 atom stereocenters. The van der Waals surface area contributed by atoms with Gasteiger partial charge in [0.15, 0.2) is 0 Å². The van der Waals surface area contributed by atoms with Crippen molar-refractivity contribution in [2.75, 3.05) is 13.1 Å². The van der Waals surface area contributed by atoms with E-state index in [0.717, 1.165) is 4.90 Å². The number of carboxylic acids is 1. The Labute approximate surface area is 124 Å². The Morgan fingerprint density at radius 3 is 2.95 bits per heavy atom. The first-order chi connectivity index (χ1) is 10.4. The van der Waals surface area contributed by atoms with Crippen LogP contribution in [-0.4, -0.2) is 64.5 Å². The summed E-state index contributed by atoms with van der Waals surface area (Å²) in [4.78, 5) is 40.3. The Bertz CT molecular complexity index is 587. The SMILES string of the molecule is CC1=C[C@H]2CN(C(=O)N2O[C@@H](F)C(=O)O)[C@@H]1C(=O)NCC#N. The lowest BCUT2D eigenvalue weighted by atomic mass is 10.00. The third-order valence-corrected chi connectivity index (χ3v) is 3.31. The molecule has 118 valence electrons. The first-order valence-electron chi connectivity index (χ1n) is 6.33. The molecule has 2 rings (SSSR count). The predicted molar refractivity (Wildman–Crippen MR) is 67.5 cm³/mol. The van der Waals surface area contributed by atoms with Crippen LogP contribution in [0.5, 0.6) is 0 Å². The molecule has 0 spiro atoms. The van der Waals surface area contributed by atoms with Crippen molar-refractivity contribution >= 4 is 17.9 Å². The van der Waals surface area contributed by atoms with Crippen LogP contribution in [0.2, 0.25) is 0 Å². The highest BCUT2D eigenvalue weighted by atomic mass is 19.1. The van der Waals surface area contributed by atoms with E-state index in [2.05, 4.69) is 10.2 Å². The molecule has 1 saturated heterocycles. The third kappa shape index (κ3) is 2.71. The van der Waals surface area contributed by atoms with Crippen molar-refractivity contribution in [1.82, 2.24) is 15.3 Å². The van der Waals surface area contributed by atoms with Gasteiger partial charge in [0.25, 0.3) is 0 Å². The second-order valence-electron chi connectivity index (χ2n) is 4.78. The number of alkyl halides is 1. The molecule has 0 radical (unpaired) electrons. The van der Waals surface area contributed by atoms with Crippen LogP contribution in [0.4, 0.5) is 9.18 Å². The van der Waals surface area contributed by atoms with Crippen molar-refractivity contribution in [2.45, 2.75) is 25.4 Å². The van der Waals surface area contributed by atoms with E-state index in [0.29, 0.717) is 10.6 Å². The number of hydrogen-bond acceptors (Lipinski definition) is 5. The first kappa shape index (κ1) is 15.7. The number of nitriles is 1. The van der Waals surface area contributed by atoms with Crippen LogP contribution >= 0.6 is 0 Å². The Balaban J connectivity index is 2.17. The summed E-state index contributed by atoms with van der Waals surface area (Å²) in [5.41, 5.74) is 0.525. The maximum absolute atomic E-state index is 13.2. The summed E-state index contributed by atoms with van der Waals surface area (Å²) in [6, 6.07) is -0.669. The Kier molecular flexibility index (Phi) is 4.27. The zero-order chi connectivity index (χ0) is 16.4. The molecular weight excluding hydrogens is 299 g/mol. The summed E-state index contributed by atoms with van der Waals surface area (Å²) < 4.78 is 13.2. The lowest BCUT2D eigenvalue weighted by molar-refractivity contribution is -0.219. The lowest BCUT2D eigenvalue weighted by Crippen LogP contribution is -2.50. The molecule has 0 unspecified atom stereocenters. The van der Waals surface area contributed by atoms with Crippen LogP contribution in [0.3, 0.4) is 0 Å². The Morgan fingerprint density at radius 2 is 2.36 bits per heavy atom. The highest BCUT2D eigenvalue weighted by Crippen LogP contribution is 2.30. The zero-order valence-electron chi connectivity index (χ0n) is 11.5. The molecule has 2 aliphatic heterocycles. The molecule has 2 N–H and O–H groups in total. The molecule has 2 bridgehead atoms. The van der Waals surface area contributed by atoms with E-state index in [1.165, 1.54) is 6.08 Å². The van der Waals surface area contributed by atoms with Crippen LogP contribution in [0.1, 0.15) is 6.92 Å². The van der Waals surface area contributed by atoms with E-state index in [1.54, 1.807) is 13.0 Å². The highest BCUT2D eigenvalue weighted by Gasteiger charge is 2.48. The number of nitrogens with one attached hydrogen (secondary N) is 1. The number of fused-ring (bicyclic) bond motifs is 2. The number of carboxylic acid groups (broad SMARTS) is 1. The van der Waals surface area contributed by atoms with Gasteiger partial charge in [0.1, 0.15) is 12.6 Å². The average molecular weight is 312 g/mol. The van der Waals surface area contributed by atoms with E-state index in [-0.39, 0.29) is 13.1 Å². The van der Waals surface area contributed by atoms with Gasteiger partial charge in [0, 0.05) is 0 Å². The number of rotatable bonds is 5. The van der Waals surface area contributed by atoms with Gasteiger partial charge in [-0.1, -0.05) is 6.08 Å². The van der Waals surface area contributed by atoms with Crippen molar-refractivity contribution in [3.05, 3.63) is 11.6 Å². The second kappa shape index (κ2) is 5.98.